The summed E-state index contributed by atoms with van der Waals surface area (Å²) >= 11 is 0. The number of likely N-dealkylation sites (tertiary alicyclic amines) is 1. The van der Waals surface area contributed by atoms with E-state index in [-0.39, 0.29) is 18.1 Å². The first-order valence-corrected chi connectivity index (χ1v) is 6.94. The zero-order valence-corrected chi connectivity index (χ0v) is 12.2. The summed E-state index contributed by atoms with van der Waals surface area (Å²) in [6.45, 7) is 4.78. The van der Waals surface area contributed by atoms with Gasteiger partial charge in [-0.25, -0.2) is 9.78 Å². The van der Waals surface area contributed by atoms with Crippen molar-refractivity contribution in [1.29, 1.82) is 0 Å². The third-order valence-corrected chi connectivity index (χ3v) is 3.15. The Balaban J connectivity index is 1.96. The third kappa shape index (κ3) is 4.08. The highest BCUT2D eigenvalue weighted by Crippen LogP contribution is 2.12. The van der Waals surface area contributed by atoms with Crippen LogP contribution in [-0.2, 0) is 0 Å². The largest absolute Gasteiger partial charge is 0.475 e. The molecular formula is C14H20N4O3. The highest BCUT2D eigenvalue weighted by atomic mass is 16.5. The lowest BCUT2D eigenvalue weighted by molar-refractivity contribution is 0.0931. The number of carbonyl (C=O) groups is 2. The molecule has 3 N–H and O–H groups in total. The molecule has 1 atom stereocenters. The van der Waals surface area contributed by atoms with Crippen LogP contribution in [-0.4, -0.2) is 47.1 Å². The van der Waals surface area contributed by atoms with Gasteiger partial charge in [-0.1, -0.05) is 6.07 Å². The minimum Gasteiger partial charge on any atom is -0.475 e. The van der Waals surface area contributed by atoms with E-state index in [4.69, 9.17) is 10.5 Å². The average molecular weight is 292 g/mol. The number of pyridine rings is 1. The van der Waals surface area contributed by atoms with E-state index < -0.39 is 6.03 Å². The maximum absolute atomic E-state index is 12.2. The molecule has 7 heteroatoms. The van der Waals surface area contributed by atoms with E-state index in [1.807, 2.05) is 13.8 Å². The minimum atomic E-state index is -0.461. The molecule has 0 spiro atoms. The van der Waals surface area contributed by atoms with Gasteiger partial charge in [-0.05, 0) is 26.3 Å². The van der Waals surface area contributed by atoms with Crippen LogP contribution in [0.4, 0.5) is 4.79 Å². The molecular weight excluding hydrogens is 272 g/mol. The molecule has 0 saturated carbocycles. The van der Waals surface area contributed by atoms with Crippen LogP contribution >= 0.6 is 0 Å². The molecule has 0 aliphatic carbocycles. The van der Waals surface area contributed by atoms with E-state index in [1.165, 1.54) is 4.90 Å². The number of primary amides is 1. The fourth-order valence-electron chi connectivity index (χ4n) is 2.19. The first-order chi connectivity index (χ1) is 9.95. The van der Waals surface area contributed by atoms with E-state index in [9.17, 15) is 9.59 Å². The number of nitrogens with one attached hydrogen (secondary N) is 1. The molecule has 3 amide bonds. The molecule has 1 aromatic heterocycles. The lowest BCUT2D eigenvalue weighted by Gasteiger charge is -2.15. The van der Waals surface area contributed by atoms with Crippen molar-refractivity contribution in [2.75, 3.05) is 13.1 Å². The second-order valence-electron chi connectivity index (χ2n) is 5.27. The van der Waals surface area contributed by atoms with Crippen LogP contribution in [0.25, 0.3) is 0 Å². The highest BCUT2D eigenvalue weighted by molar-refractivity contribution is 5.92. The van der Waals surface area contributed by atoms with Crippen LogP contribution in [0, 0.1) is 0 Å². The molecule has 21 heavy (non-hydrogen) atoms. The zero-order valence-electron chi connectivity index (χ0n) is 12.2. The van der Waals surface area contributed by atoms with Crippen LogP contribution in [0.5, 0.6) is 5.88 Å². The normalized spacial score (nSPS) is 17.9. The van der Waals surface area contributed by atoms with Crippen LogP contribution < -0.4 is 15.8 Å². The number of ether oxygens (including phenoxy) is 1. The van der Waals surface area contributed by atoms with Gasteiger partial charge in [0, 0.05) is 25.2 Å². The molecule has 2 rings (SSSR count). The van der Waals surface area contributed by atoms with Crippen molar-refractivity contribution in [2.45, 2.75) is 32.4 Å². The van der Waals surface area contributed by atoms with Gasteiger partial charge < -0.3 is 20.7 Å². The molecule has 1 aliphatic heterocycles. The van der Waals surface area contributed by atoms with Gasteiger partial charge in [-0.2, -0.15) is 0 Å². The van der Waals surface area contributed by atoms with E-state index in [0.717, 1.165) is 0 Å². The Morgan fingerprint density at radius 2 is 2.24 bits per heavy atom. The van der Waals surface area contributed by atoms with Gasteiger partial charge in [0.25, 0.3) is 5.91 Å². The van der Waals surface area contributed by atoms with Crippen LogP contribution in [0.2, 0.25) is 0 Å². The second kappa shape index (κ2) is 6.43. The summed E-state index contributed by atoms with van der Waals surface area (Å²) < 4.78 is 5.46. The summed E-state index contributed by atoms with van der Waals surface area (Å²) in [5, 5.41) is 2.85. The number of nitrogens with two attached hydrogens (primary N) is 1. The van der Waals surface area contributed by atoms with Crippen molar-refractivity contribution in [3.05, 3.63) is 23.9 Å². The number of amides is 3. The number of nitrogens with zero attached hydrogens (tertiary/aromatic N) is 2. The van der Waals surface area contributed by atoms with E-state index in [2.05, 4.69) is 10.3 Å². The molecule has 1 aromatic rings. The Morgan fingerprint density at radius 1 is 1.48 bits per heavy atom. The van der Waals surface area contributed by atoms with Gasteiger partial charge in [0.05, 0.1) is 6.10 Å². The standard InChI is InChI=1S/C14H20N4O3/c1-9(2)21-12-5-3-4-11(17-12)13(19)16-10-6-7-18(8-10)14(15)20/h3-5,9-10H,6-8H2,1-2H3,(H2,15,20)(H,16,19). The summed E-state index contributed by atoms with van der Waals surface area (Å²) in [6.07, 6.45) is 0.686. The van der Waals surface area contributed by atoms with E-state index >= 15 is 0 Å². The maximum atomic E-state index is 12.2. The summed E-state index contributed by atoms with van der Waals surface area (Å²) in [4.78, 5) is 28.9. The molecule has 1 saturated heterocycles. The number of hydrogen-bond donors (Lipinski definition) is 2. The molecule has 7 nitrogen and oxygen atoms in total. The van der Waals surface area contributed by atoms with Gasteiger partial charge >= 0.3 is 6.03 Å². The molecule has 1 unspecified atom stereocenters. The molecule has 1 aliphatic rings. The van der Waals surface area contributed by atoms with Crippen molar-refractivity contribution >= 4 is 11.9 Å². The maximum Gasteiger partial charge on any atom is 0.314 e. The first kappa shape index (κ1) is 15.1. The highest BCUT2D eigenvalue weighted by Gasteiger charge is 2.26. The fraction of sp³-hybridized carbons (Fsp3) is 0.500. The average Bonchev–Trinajstić information content (AvgIpc) is 2.87. The lowest BCUT2D eigenvalue weighted by atomic mass is 10.2. The quantitative estimate of drug-likeness (QED) is 0.855. The third-order valence-electron chi connectivity index (χ3n) is 3.15. The van der Waals surface area contributed by atoms with Gasteiger partial charge in [0.15, 0.2) is 0 Å². The summed E-state index contributed by atoms with van der Waals surface area (Å²) in [5.41, 5.74) is 5.51. The minimum absolute atomic E-state index is 0.00484. The molecule has 114 valence electrons. The molecule has 0 bridgehead atoms. The van der Waals surface area contributed by atoms with Crippen molar-refractivity contribution in [3.63, 3.8) is 0 Å². The van der Waals surface area contributed by atoms with E-state index in [1.54, 1.807) is 18.2 Å². The van der Waals surface area contributed by atoms with Gasteiger partial charge in [0.2, 0.25) is 5.88 Å². The SMILES string of the molecule is CC(C)Oc1cccc(C(=O)NC2CCN(C(N)=O)C2)n1. The summed E-state index contributed by atoms with van der Waals surface area (Å²) in [6, 6.07) is 4.51. The number of aromatic nitrogens is 1. The Morgan fingerprint density at radius 3 is 2.86 bits per heavy atom. The number of carbonyl (C=O) groups excluding carboxylic acids is 2. The van der Waals surface area contributed by atoms with Gasteiger partial charge in [0.1, 0.15) is 5.69 Å². The Labute approximate surface area is 123 Å². The second-order valence-corrected chi connectivity index (χ2v) is 5.27. The Bertz CT molecular complexity index is 533. The molecule has 0 radical (unpaired) electrons. The molecule has 2 heterocycles. The molecule has 1 fully saturated rings. The number of rotatable bonds is 4. The lowest BCUT2D eigenvalue weighted by Crippen LogP contribution is -2.40. The van der Waals surface area contributed by atoms with Gasteiger partial charge in [-0.15, -0.1) is 0 Å². The first-order valence-electron chi connectivity index (χ1n) is 6.94. The predicted octanol–water partition coefficient (Wildman–Crippen LogP) is 0.752. The van der Waals surface area contributed by atoms with Crippen LogP contribution in [0.15, 0.2) is 18.2 Å². The van der Waals surface area contributed by atoms with Gasteiger partial charge in [-0.3, -0.25) is 4.79 Å². The van der Waals surface area contributed by atoms with Crippen molar-refractivity contribution in [1.82, 2.24) is 15.2 Å². The summed E-state index contributed by atoms with van der Waals surface area (Å²) in [7, 11) is 0. The van der Waals surface area contributed by atoms with E-state index in [0.29, 0.717) is 31.1 Å². The topological polar surface area (TPSA) is 97.5 Å². The summed E-state index contributed by atoms with van der Waals surface area (Å²) in [5.74, 6) is 0.142. The van der Waals surface area contributed by atoms with Crippen molar-refractivity contribution in [3.8, 4) is 5.88 Å². The van der Waals surface area contributed by atoms with Crippen LogP contribution in [0.1, 0.15) is 30.8 Å². The molecule has 0 aromatic carbocycles. The van der Waals surface area contributed by atoms with Crippen molar-refractivity contribution < 1.29 is 14.3 Å². The Hall–Kier alpha value is -2.31. The van der Waals surface area contributed by atoms with Crippen LogP contribution in [0.3, 0.4) is 0 Å². The monoisotopic (exact) mass is 292 g/mol. The van der Waals surface area contributed by atoms with Crippen molar-refractivity contribution in [2.24, 2.45) is 5.73 Å². The zero-order chi connectivity index (χ0) is 15.4. The predicted molar refractivity (Wildman–Crippen MR) is 77.0 cm³/mol. The smallest absolute Gasteiger partial charge is 0.314 e. The fourth-order valence-corrected chi connectivity index (χ4v) is 2.19. The number of hydrogen-bond acceptors (Lipinski definition) is 4. The Kier molecular flexibility index (Phi) is 4.62. The number of urea groups is 1.